The van der Waals surface area contributed by atoms with Crippen LogP contribution in [0, 0.1) is 5.92 Å². The Balaban J connectivity index is 1.58. The molecule has 0 atom stereocenters. The van der Waals surface area contributed by atoms with Gasteiger partial charge in [0, 0.05) is 18.5 Å². The van der Waals surface area contributed by atoms with Gasteiger partial charge in [0.15, 0.2) is 0 Å². The zero-order valence-electron chi connectivity index (χ0n) is 14.4. The van der Waals surface area contributed by atoms with E-state index in [1.807, 2.05) is 11.8 Å². The minimum absolute atomic E-state index is 0.0271. The number of hydrogen-bond acceptors (Lipinski definition) is 4. The lowest BCUT2D eigenvalue weighted by atomic mass is 9.85. The average Bonchev–Trinajstić information content (AvgIpc) is 2.99. The molecule has 2 saturated carbocycles. The summed E-state index contributed by atoms with van der Waals surface area (Å²) in [6.07, 6.45) is 6.71. The van der Waals surface area contributed by atoms with Crippen LogP contribution in [-0.2, 0) is 14.4 Å². The van der Waals surface area contributed by atoms with Crippen molar-refractivity contribution in [2.45, 2.75) is 64.0 Å². The molecule has 0 heterocycles. The molecule has 136 valence electrons. The number of carbonyl (C=O) groups is 3. The SMILES string of the molecule is CCN(CC(=O)O)C1CC(NC(=O)CNC(=O)CC2CCCC2)C1. The maximum absolute atomic E-state index is 11.9. The molecule has 2 fully saturated rings. The van der Waals surface area contributed by atoms with Crippen molar-refractivity contribution in [1.82, 2.24) is 15.5 Å². The van der Waals surface area contributed by atoms with E-state index < -0.39 is 5.97 Å². The lowest BCUT2D eigenvalue weighted by Gasteiger charge is -2.42. The highest BCUT2D eigenvalue weighted by Gasteiger charge is 2.34. The highest BCUT2D eigenvalue weighted by molar-refractivity contribution is 5.84. The summed E-state index contributed by atoms with van der Waals surface area (Å²) < 4.78 is 0. The Kier molecular flexibility index (Phi) is 7.02. The van der Waals surface area contributed by atoms with Crippen molar-refractivity contribution in [2.75, 3.05) is 19.6 Å². The van der Waals surface area contributed by atoms with Gasteiger partial charge in [-0.3, -0.25) is 19.3 Å². The van der Waals surface area contributed by atoms with E-state index in [0.717, 1.165) is 25.7 Å². The Bertz CT molecular complexity index is 457. The number of nitrogens with one attached hydrogen (secondary N) is 2. The van der Waals surface area contributed by atoms with Gasteiger partial charge in [0.2, 0.25) is 11.8 Å². The van der Waals surface area contributed by atoms with E-state index >= 15 is 0 Å². The fourth-order valence-corrected chi connectivity index (χ4v) is 3.68. The molecule has 2 aliphatic carbocycles. The topological polar surface area (TPSA) is 98.7 Å². The molecule has 7 nitrogen and oxygen atoms in total. The molecule has 0 aromatic heterocycles. The molecule has 0 unspecified atom stereocenters. The standard InChI is InChI=1S/C17H29N3O4/c1-2-20(11-17(23)24)14-8-13(9-14)19-16(22)10-18-15(21)7-12-5-3-4-6-12/h12-14H,2-11H2,1H3,(H,18,21)(H,19,22)(H,23,24). The first-order chi connectivity index (χ1) is 11.5. The van der Waals surface area contributed by atoms with Gasteiger partial charge in [-0.25, -0.2) is 0 Å². The molecule has 0 aromatic carbocycles. The van der Waals surface area contributed by atoms with Gasteiger partial charge in [-0.1, -0.05) is 19.8 Å². The van der Waals surface area contributed by atoms with E-state index in [2.05, 4.69) is 10.6 Å². The van der Waals surface area contributed by atoms with Crippen molar-refractivity contribution in [3.63, 3.8) is 0 Å². The van der Waals surface area contributed by atoms with Crippen LogP contribution in [-0.4, -0.2) is 59.5 Å². The largest absolute Gasteiger partial charge is 0.480 e. The van der Waals surface area contributed by atoms with Crippen molar-refractivity contribution in [2.24, 2.45) is 5.92 Å². The number of carbonyl (C=O) groups excluding carboxylic acids is 2. The molecule has 2 amide bonds. The van der Waals surface area contributed by atoms with Gasteiger partial charge in [0.05, 0.1) is 13.1 Å². The van der Waals surface area contributed by atoms with Crippen LogP contribution >= 0.6 is 0 Å². The van der Waals surface area contributed by atoms with Gasteiger partial charge in [-0.15, -0.1) is 0 Å². The Hall–Kier alpha value is -1.63. The van der Waals surface area contributed by atoms with E-state index in [9.17, 15) is 14.4 Å². The smallest absolute Gasteiger partial charge is 0.317 e. The predicted molar refractivity (Wildman–Crippen MR) is 89.4 cm³/mol. The summed E-state index contributed by atoms with van der Waals surface area (Å²) in [6.45, 7) is 2.70. The quantitative estimate of drug-likeness (QED) is 0.575. The first-order valence-electron chi connectivity index (χ1n) is 8.99. The summed E-state index contributed by atoms with van der Waals surface area (Å²) in [5.74, 6) is -0.550. The van der Waals surface area contributed by atoms with E-state index in [1.165, 1.54) is 12.8 Å². The summed E-state index contributed by atoms with van der Waals surface area (Å²) in [6, 6.07) is 0.297. The molecule has 0 aliphatic heterocycles. The maximum Gasteiger partial charge on any atom is 0.317 e. The van der Waals surface area contributed by atoms with E-state index in [0.29, 0.717) is 18.9 Å². The molecule has 7 heteroatoms. The Morgan fingerprint density at radius 1 is 1.12 bits per heavy atom. The van der Waals surface area contributed by atoms with Crippen LogP contribution in [0.4, 0.5) is 0 Å². The fourth-order valence-electron chi connectivity index (χ4n) is 3.68. The second-order valence-corrected chi connectivity index (χ2v) is 6.98. The first kappa shape index (κ1) is 18.7. The van der Waals surface area contributed by atoms with Gasteiger partial charge in [0.25, 0.3) is 0 Å². The molecule has 0 saturated heterocycles. The van der Waals surface area contributed by atoms with E-state index in [-0.39, 0.29) is 37.0 Å². The third-order valence-electron chi connectivity index (χ3n) is 5.13. The molecular formula is C17H29N3O4. The molecule has 0 spiro atoms. The zero-order valence-corrected chi connectivity index (χ0v) is 14.4. The number of carboxylic acids is 1. The van der Waals surface area contributed by atoms with Crippen molar-refractivity contribution in [1.29, 1.82) is 0 Å². The maximum atomic E-state index is 11.9. The molecule has 2 rings (SSSR count). The van der Waals surface area contributed by atoms with Crippen LogP contribution in [0.1, 0.15) is 51.9 Å². The van der Waals surface area contributed by atoms with Crippen LogP contribution in [0.5, 0.6) is 0 Å². The molecular weight excluding hydrogens is 310 g/mol. The van der Waals surface area contributed by atoms with Gasteiger partial charge in [-0.2, -0.15) is 0 Å². The Morgan fingerprint density at radius 2 is 1.79 bits per heavy atom. The van der Waals surface area contributed by atoms with Crippen molar-refractivity contribution in [3.8, 4) is 0 Å². The van der Waals surface area contributed by atoms with Gasteiger partial charge in [-0.05, 0) is 38.1 Å². The molecule has 0 radical (unpaired) electrons. The summed E-state index contributed by atoms with van der Waals surface area (Å²) in [7, 11) is 0. The van der Waals surface area contributed by atoms with E-state index in [1.54, 1.807) is 0 Å². The van der Waals surface area contributed by atoms with Crippen molar-refractivity contribution >= 4 is 17.8 Å². The van der Waals surface area contributed by atoms with Crippen LogP contribution < -0.4 is 10.6 Å². The second-order valence-electron chi connectivity index (χ2n) is 6.98. The number of hydrogen-bond donors (Lipinski definition) is 3. The lowest BCUT2D eigenvalue weighted by molar-refractivity contribution is -0.139. The van der Waals surface area contributed by atoms with Gasteiger partial charge < -0.3 is 15.7 Å². The molecule has 2 aliphatic rings. The third-order valence-corrected chi connectivity index (χ3v) is 5.13. The molecule has 24 heavy (non-hydrogen) atoms. The molecule has 3 N–H and O–H groups in total. The summed E-state index contributed by atoms with van der Waals surface area (Å²) in [4.78, 5) is 36.4. The summed E-state index contributed by atoms with van der Waals surface area (Å²) in [5, 5.41) is 14.5. The molecule has 0 bridgehead atoms. The minimum atomic E-state index is -0.825. The average molecular weight is 339 g/mol. The molecule has 0 aromatic rings. The summed E-state index contributed by atoms with van der Waals surface area (Å²) >= 11 is 0. The normalized spacial score (nSPS) is 23.8. The van der Waals surface area contributed by atoms with Gasteiger partial charge >= 0.3 is 5.97 Å². The van der Waals surface area contributed by atoms with Crippen LogP contribution in [0.15, 0.2) is 0 Å². The van der Waals surface area contributed by atoms with Crippen molar-refractivity contribution in [3.05, 3.63) is 0 Å². The number of aliphatic carboxylic acids is 1. The van der Waals surface area contributed by atoms with Gasteiger partial charge in [0.1, 0.15) is 0 Å². The first-order valence-corrected chi connectivity index (χ1v) is 8.99. The number of amides is 2. The lowest BCUT2D eigenvalue weighted by Crippen LogP contribution is -2.55. The van der Waals surface area contributed by atoms with E-state index in [4.69, 9.17) is 5.11 Å². The van der Waals surface area contributed by atoms with Crippen LogP contribution in [0.2, 0.25) is 0 Å². The number of likely N-dealkylation sites (N-methyl/N-ethyl adjacent to an activating group) is 1. The number of nitrogens with zero attached hydrogens (tertiary/aromatic N) is 1. The fraction of sp³-hybridized carbons (Fsp3) is 0.824. The second kappa shape index (κ2) is 9.01. The van der Waals surface area contributed by atoms with Crippen molar-refractivity contribution < 1.29 is 19.5 Å². The Morgan fingerprint density at radius 3 is 2.38 bits per heavy atom. The number of rotatable bonds is 9. The highest BCUT2D eigenvalue weighted by Crippen LogP contribution is 2.27. The number of carboxylic acid groups (broad SMARTS) is 1. The zero-order chi connectivity index (χ0) is 17.5. The third kappa shape index (κ3) is 5.78. The highest BCUT2D eigenvalue weighted by atomic mass is 16.4. The Labute approximate surface area is 143 Å². The van der Waals surface area contributed by atoms with Crippen LogP contribution in [0.3, 0.4) is 0 Å². The minimum Gasteiger partial charge on any atom is -0.480 e. The predicted octanol–water partition coefficient (Wildman–Crippen LogP) is 0.737. The van der Waals surface area contributed by atoms with Crippen LogP contribution in [0.25, 0.3) is 0 Å². The monoisotopic (exact) mass is 339 g/mol. The summed E-state index contributed by atoms with van der Waals surface area (Å²) in [5.41, 5.74) is 0.